The van der Waals surface area contributed by atoms with Gasteiger partial charge in [0.15, 0.2) is 0 Å². The Hall–Kier alpha value is -4.94. The third kappa shape index (κ3) is 14.0. The molecule has 6 rings (SSSR count). The molecule has 2 heterocycles. The molecule has 18 heteroatoms. The molecular weight excluding hydrogens is 890 g/mol. The first-order chi connectivity index (χ1) is 30.1. The van der Waals surface area contributed by atoms with Gasteiger partial charge < -0.3 is 24.5 Å². The molecule has 4 aromatic rings. The van der Waals surface area contributed by atoms with Crippen molar-refractivity contribution in [1.82, 2.24) is 10.2 Å². The van der Waals surface area contributed by atoms with Crippen LogP contribution in [-0.2, 0) is 47.4 Å². The molecule has 0 spiro atoms. The molecule has 0 radical (unpaired) electrons. The van der Waals surface area contributed by atoms with E-state index in [1.807, 2.05) is 43.2 Å². The van der Waals surface area contributed by atoms with Gasteiger partial charge in [0, 0.05) is 11.1 Å². The van der Waals surface area contributed by atoms with Crippen LogP contribution in [0.3, 0.4) is 0 Å². The van der Waals surface area contributed by atoms with Crippen LogP contribution in [0.25, 0.3) is 0 Å². The van der Waals surface area contributed by atoms with Gasteiger partial charge in [0.05, 0.1) is 61.3 Å². The number of methoxy groups -OCH3 is 2. The van der Waals surface area contributed by atoms with Gasteiger partial charge in [-0.3, -0.25) is 8.61 Å². The first-order valence-corrected chi connectivity index (χ1v) is 23.9. The highest BCUT2D eigenvalue weighted by Crippen LogP contribution is 2.33. The molecule has 0 saturated carbocycles. The highest BCUT2D eigenvalue weighted by atomic mass is 35.5. The third-order valence-corrected chi connectivity index (χ3v) is 14.8. The molecule has 0 bridgehead atoms. The number of piperidine rings is 2. The molecular formula is C46H59ClF2N4O9S2. The van der Waals surface area contributed by atoms with E-state index in [1.165, 1.54) is 47.1 Å². The molecule has 0 aliphatic carbocycles. The molecule has 4 aromatic carbocycles. The van der Waals surface area contributed by atoms with Crippen molar-refractivity contribution < 1.29 is 49.5 Å². The normalized spacial score (nSPS) is 14.7. The fraction of sp³-hybridized carbons (Fsp3) is 0.413. The summed E-state index contributed by atoms with van der Waals surface area (Å²) in [5, 5.41) is 3.33. The smallest absolute Gasteiger partial charge is 0.337 e. The van der Waals surface area contributed by atoms with Crippen molar-refractivity contribution in [2.24, 2.45) is 0 Å². The van der Waals surface area contributed by atoms with Crippen molar-refractivity contribution in [3.05, 3.63) is 130 Å². The minimum Gasteiger partial charge on any atom is -0.465 e. The quantitative estimate of drug-likeness (QED) is 0.125. The lowest BCUT2D eigenvalue weighted by atomic mass is 9.89. The Balaban J connectivity index is 0.000000323. The molecule has 2 saturated heterocycles. The van der Waals surface area contributed by atoms with Crippen LogP contribution >= 0.6 is 12.4 Å². The van der Waals surface area contributed by atoms with Crippen LogP contribution in [-0.4, -0.2) is 99.4 Å². The first-order valence-electron chi connectivity index (χ1n) is 20.7. The number of nitrogens with zero attached hydrogens (tertiary/aromatic N) is 3. The second-order valence-corrected chi connectivity index (χ2v) is 19.6. The highest BCUT2D eigenvalue weighted by Gasteiger charge is 2.27. The Kier molecular flexibility index (Phi) is 20.8. The molecule has 0 unspecified atom stereocenters. The van der Waals surface area contributed by atoms with Crippen molar-refractivity contribution in [2.45, 2.75) is 64.5 Å². The number of hydrogen-bond acceptors (Lipinski definition) is 11. The van der Waals surface area contributed by atoms with Crippen LogP contribution in [0.1, 0.15) is 94.3 Å². The summed E-state index contributed by atoms with van der Waals surface area (Å²) in [5.74, 6) is -2.05. The predicted molar refractivity (Wildman–Crippen MR) is 248 cm³/mol. The molecule has 0 atom stereocenters. The van der Waals surface area contributed by atoms with Crippen LogP contribution in [0.4, 0.5) is 20.2 Å². The number of likely N-dealkylation sites (tertiary alicyclic amines) is 1. The van der Waals surface area contributed by atoms with Gasteiger partial charge in [0.25, 0.3) is 0 Å². The number of esters is 2. The Morgan fingerprint density at radius 2 is 1.06 bits per heavy atom. The molecule has 2 aliphatic heterocycles. The Morgan fingerprint density at radius 1 is 0.672 bits per heavy atom. The summed E-state index contributed by atoms with van der Waals surface area (Å²) in [6, 6.07) is 22.9. The number of ether oxygens (including phenoxy) is 2. The van der Waals surface area contributed by atoms with Gasteiger partial charge in [-0.05, 0) is 144 Å². The van der Waals surface area contributed by atoms with Crippen LogP contribution in [0.15, 0.2) is 84.9 Å². The summed E-state index contributed by atoms with van der Waals surface area (Å²) in [6.07, 6.45) is 4.02. The summed E-state index contributed by atoms with van der Waals surface area (Å²) >= 11 is 0. The molecule has 0 amide bonds. The van der Waals surface area contributed by atoms with E-state index in [0.717, 1.165) is 75.1 Å². The van der Waals surface area contributed by atoms with Crippen LogP contribution in [0.5, 0.6) is 0 Å². The minimum absolute atomic E-state index is 0. The van der Waals surface area contributed by atoms with Gasteiger partial charge in [-0.2, -0.15) is 0 Å². The van der Waals surface area contributed by atoms with Gasteiger partial charge in [0.1, 0.15) is 18.4 Å². The van der Waals surface area contributed by atoms with Gasteiger partial charge >= 0.3 is 11.9 Å². The maximum absolute atomic E-state index is 14.7. The van der Waals surface area contributed by atoms with E-state index in [4.69, 9.17) is 4.79 Å². The van der Waals surface area contributed by atoms with Gasteiger partial charge in [-0.1, -0.05) is 36.4 Å². The molecule has 13 nitrogen and oxygen atoms in total. The predicted octanol–water partition coefficient (Wildman–Crippen LogP) is 7.45. The zero-order valence-corrected chi connectivity index (χ0v) is 39.4. The zero-order chi connectivity index (χ0) is 46.3. The van der Waals surface area contributed by atoms with Crippen LogP contribution < -0.4 is 13.9 Å². The lowest BCUT2D eigenvalue weighted by molar-refractivity contribution is -0.0980. The van der Waals surface area contributed by atoms with Crippen LogP contribution in [0, 0.1) is 11.6 Å². The average Bonchev–Trinajstić information content (AvgIpc) is 3.31. The van der Waals surface area contributed by atoms with Crippen molar-refractivity contribution >= 4 is 62.6 Å². The Bertz CT molecular complexity index is 2400. The van der Waals surface area contributed by atoms with Crippen LogP contribution in [0.2, 0.25) is 0 Å². The van der Waals surface area contributed by atoms with E-state index in [-0.39, 0.29) is 59.3 Å². The largest absolute Gasteiger partial charge is 0.465 e. The van der Waals surface area contributed by atoms with Crippen molar-refractivity contribution in [1.29, 1.82) is 0 Å². The summed E-state index contributed by atoms with van der Waals surface area (Å²) in [6.45, 7) is 8.70. The van der Waals surface area contributed by atoms with E-state index >= 15 is 0 Å². The van der Waals surface area contributed by atoms with Gasteiger partial charge in [-0.15, -0.1) is 12.4 Å². The number of nitrogens with one attached hydrogen (secondary N) is 1. The number of carbonyl (C=O) groups is 3. The Morgan fingerprint density at radius 3 is 1.42 bits per heavy atom. The minimum atomic E-state index is -3.65. The van der Waals surface area contributed by atoms with Crippen molar-refractivity contribution in [3.8, 4) is 0 Å². The van der Waals surface area contributed by atoms with E-state index in [0.29, 0.717) is 23.2 Å². The van der Waals surface area contributed by atoms with E-state index < -0.39 is 43.6 Å². The Labute approximate surface area is 382 Å². The zero-order valence-electron chi connectivity index (χ0n) is 36.9. The van der Waals surface area contributed by atoms with Gasteiger partial charge in [0.2, 0.25) is 20.0 Å². The molecule has 0 aromatic heterocycles. The first kappa shape index (κ1) is 53.4. The third-order valence-electron chi connectivity index (χ3n) is 11.3. The summed E-state index contributed by atoms with van der Waals surface area (Å²) in [5.41, 5.74) is 3.77. The number of sulfonamides is 2. The summed E-state index contributed by atoms with van der Waals surface area (Å²) in [7, 11) is -2.75. The number of anilines is 2. The molecule has 2 aliphatic rings. The van der Waals surface area contributed by atoms with Crippen molar-refractivity contribution in [3.63, 3.8) is 0 Å². The lowest BCUT2D eigenvalue weighted by Crippen LogP contribution is -2.32. The number of carbonyl (C=O) groups excluding carboxylic acids is 3. The average molecular weight is 950 g/mol. The number of benzene rings is 4. The monoisotopic (exact) mass is 948 g/mol. The maximum atomic E-state index is 14.7. The second-order valence-electron chi connectivity index (χ2n) is 15.2. The van der Waals surface area contributed by atoms with E-state index in [9.17, 15) is 35.2 Å². The molecule has 1 N–H and O–H groups in total. The number of rotatable bonds is 14. The second kappa shape index (κ2) is 24.9. The SMILES string of the molecule is C=O.CCS(=O)(=O)N(Cc1ccc(C(=O)OC)cc1F)c1cccc(C2CCN(C)CC2)c1.CCS(=O)(=O)N(Cc1ccc(C(=O)OC)cc1F)c1cccc(C2CCNCC2)c1.Cl. The number of halogens is 3. The summed E-state index contributed by atoms with van der Waals surface area (Å²) < 4.78 is 92.5. The topological polar surface area (TPSA) is 160 Å². The standard InChI is InChI=1S/C23H29FN2O4S.C22H27FN2O4S.CH2O.ClH/c1-4-31(28,29)26(16-20-9-8-19(15-22(20)24)23(27)30-3)21-7-5-6-18(14-21)17-10-12-25(2)13-11-17;1-3-30(27,28)25(15-19-8-7-18(14-21(19)23)22(26)29-2)20-6-4-5-17(13-20)16-9-11-24-12-10-16;1-2;/h5-9,14-15,17H,4,10-13,16H2,1-3H3;4-8,13-14,16,24H,3,9-12,15H2,1-2H3;1H2;1H. The molecule has 2 fully saturated rings. The fourth-order valence-corrected chi connectivity index (χ4v) is 9.69. The van der Waals surface area contributed by atoms with E-state index in [1.54, 1.807) is 26.0 Å². The lowest BCUT2D eigenvalue weighted by Gasteiger charge is -2.30. The fourth-order valence-electron chi connectivity index (χ4n) is 7.53. The maximum Gasteiger partial charge on any atom is 0.337 e. The van der Waals surface area contributed by atoms with E-state index in [2.05, 4.69) is 26.7 Å². The molecule has 64 heavy (non-hydrogen) atoms. The number of hydrogen-bond donors (Lipinski definition) is 1. The molecule has 350 valence electrons. The van der Waals surface area contributed by atoms with Gasteiger partial charge in [-0.25, -0.2) is 35.2 Å². The summed E-state index contributed by atoms with van der Waals surface area (Å²) in [4.78, 5) is 33.5. The van der Waals surface area contributed by atoms with Crippen molar-refractivity contribution in [2.75, 3.05) is 67.6 Å². The highest BCUT2D eigenvalue weighted by molar-refractivity contribution is 7.93.